The summed E-state index contributed by atoms with van der Waals surface area (Å²) in [6, 6.07) is 7.64. The lowest BCUT2D eigenvalue weighted by molar-refractivity contribution is 0.938. The van der Waals surface area contributed by atoms with E-state index in [1.54, 1.807) is 4.57 Å². The third-order valence-electron chi connectivity index (χ3n) is 2.81. The molecule has 3 N–H and O–H groups in total. The Bertz CT molecular complexity index is 787. The highest BCUT2D eigenvalue weighted by atomic mass is 16.1. The molecule has 2 aromatic heterocycles. The van der Waals surface area contributed by atoms with Crippen LogP contribution in [0.1, 0.15) is 5.82 Å². The Kier molecular flexibility index (Phi) is 2.16. The van der Waals surface area contributed by atoms with Crippen molar-refractivity contribution in [3.05, 3.63) is 46.8 Å². The average Bonchev–Trinajstić information content (AvgIpc) is 2.69. The first-order valence-electron chi connectivity index (χ1n) is 5.46. The van der Waals surface area contributed by atoms with Crippen molar-refractivity contribution in [3.63, 3.8) is 0 Å². The van der Waals surface area contributed by atoms with E-state index in [1.165, 1.54) is 6.33 Å². The molecular formula is C12H11N5O. The molecule has 0 radical (unpaired) electrons. The summed E-state index contributed by atoms with van der Waals surface area (Å²) >= 11 is 0. The van der Waals surface area contributed by atoms with Gasteiger partial charge in [-0.05, 0) is 19.1 Å². The maximum Gasteiger partial charge on any atom is 0.276 e. The van der Waals surface area contributed by atoms with Crippen molar-refractivity contribution in [2.24, 2.45) is 0 Å². The molecule has 0 saturated carbocycles. The number of nitrogens with one attached hydrogen (secondary N) is 1. The molecule has 3 aromatic rings. The molecule has 2 heterocycles. The monoisotopic (exact) mass is 241 g/mol. The van der Waals surface area contributed by atoms with E-state index in [4.69, 9.17) is 5.73 Å². The third-order valence-corrected chi connectivity index (χ3v) is 2.81. The minimum Gasteiger partial charge on any atom is -0.391 e. The van der Waals surface area contributed by atoms with Gasteiger partial charge in [0, 0.05) is 0 Å². The van der Waals surface area contributed by atoms with Gasteiger partial charge in [0.05, 0.1) is 17.4 Å². The molecule has 0 spiro atoms. The Morgan fingerprint density at radius 3 is 2.94 bits per heavy atom. The van der Waals surface area contributed by atoms with E-state index in [0.717, 1.165) is 16.9 Å². The van der Waals surface area contributed by atoms with Gasteiger partial charge in [0.15, 0.2) is 5.82 Å². The first-order valence-corrected chi connectivity index (χ1v) is 5.46. The number of aromatic nitrogens is 4. The number of anilines is 1. The number of nitrogen functional groups attached to an aromatic ring is 1. The van der Waals surface area contributed by atoms with Crippen LogP contribution in [0.2, 0.25) is 0 Å². The number of hydrogen-bond acceptors (Lipinski definition) is 4. The zero-order valence-electron chi connectivity index (χ0n) is 9.71. The van der Waals surface area contributed by atoms with Gasteiger partial charge in [0.2, 0.25) is 0 Å². The van der Waals surface area contributed by atoms with Gasteiger partial charge in [-0.2, -0.15) is 0 Å². The fourth-order valence-electron chi connectivity index (χ4n) is 1.99. The van der Waals surface area contributed by atoms with Gasteiger partial charge >= 0.3 is 0 Å². The minimum atomic E-state index is -0.350. The number of rotatable bonds is 1. The number of aryl methyl sites for hydroxylation is 1. The van der Waals surface area contributed by atoms with E-state index in [9.17, 15) is 4.79 Å². The van der Waals surface area contributed by atoms with Gasteiger partial charge in [-0.25, -0.2) is 9.97 Å². The second kappa shape index (κ2) is 3.69. The van der Waals surface area contributed by atoms with Gasteiger partial charge < -0.3 is 10.7 Å². The van der Waals surface area contributed by atoms with Crippen LogP contribution in [0.15, 0.2) is 35.4 Å². The first kappa shape index (κ1) is 10.5. The fraction of sp³-hybridized carbons (Fsp3) is 0.0833. The lowest BCUT2D eigenvalue weighted by atomic mass is 10.3. The summed E-state index contributed by atoms with van der Waals surface area (Å²) in [7, 11) is 0. The molecule has 1 aromatic carbocycles. The summed E-state index contributed by atoms with van der Waals surface area (Å²) in [6.07, 6.45) is 1.34. The molecule has 6 nitrogen and oxygen atoms in total. The number of nitrogens with zero attached hydrogens (tertiary/aromatic N) is 3. The van der Waals surface area contributed by atoms with Crippen LogP contribution in [0.25, 0.3) is 16.9 Å². The van der Waals surface area contributed by atoms with Crippen LogP contribution in [0, 0.1) is 6.92 Å². The van der Waals surface area contributed by atoms with Crippen molar-refractivity contribution in [1.82, 2.24) is 19.5 Å². The average molecular weight is 241 g/mol. The zero-order chi connectivity index (χ0) is 12.7. The van der Waals surface area contributed by atoms with Crippen LogP contribution in [0.4, 0.5) is 5.69 Å². The van der Waals surface area contributed by atoms with Gasteiger partial charge in [-0.3, -0.25) is 9.36 Å². The van der Waals surface area contributed by atoms with Crippen LogP contribution < -0.4 is 11.3 Å². The number of aromatic amines is 1. The highest BCUT2D eigenvalue weighted by molar-refractivity contribution is 5.79. The van der Waals surface area contributed by atoms with Gasteiger partial charge in [-0.15, -0.1) is 0 Å². The molecule has 6 heteroatoms. The number of nitrogens with two attached hydrogens (primary N) is 1. The normalized spacial score (nSPS) is 10.9. The molecule has 0 saturated heterocycles. The van der Waals surface area contributed by atoms with E-state index < -0.39 is 0 Å². The van der Waals surface area contributed by atoms with E-state index in [0.29, 0.717) is 5.82 Å². The molecular weight excluding hydrogens is 230 g/mol. The highest BCUT2D eigenvalue weighted by Crippen LogP contribution is 2.21. The summed E-state index contributed by atoms with van der Waals surface area (Å²) in [5.74, 6) is 1.14. The van der Waals surface area contributed by atoms with Gasteiger partial charge in [-0.1, -0.05) is 12.1 Å². The second-order valence-corrected chi connectivity index (χ2v) is 3.95. The molecule has 90 valence electrons. The number of hydrogen-bond donors (Lipinski definition) is 2. The minimum absolute atomic E-state index is 0.0868. The van der Waals surface area contributed by atoms with E-state index in [-0.39, 0.29) is 11.2 Å². The van der Waals surface area contributed by atoms with E-state index in [1.807, 2.05) is 31.2 Å². The largest absolute Gasteiger partial charge is 0.391 e. The van der Waals surface area contributed by atoms with Crippen molar-refractivity contribution in [3.8, 4) is 5.82 Å². The van der Waals surface area contributed by atoms with Crippen LogP contribution in [0.3, 0.4) is 0 Å². The lowest BCUT2D eigenvalue weighted by Crippen LogP contribution is -2.17. The number of benzene rings is 1. The summed E-state index contributed by atoms with van der Waals surface area (Å²) in [5.41, 5.74) is 7.23. The predicted octanol–water partition coefficient (Wildman–Crippen LogP) is 0.999. The first-order chi connectivity index (χ1) is 8.68. The number of para-hydroxylation sites is 2. The van der Waals surface area contributed by atoms with E-state index >= 15 is 0 Å². The topological polar surface area (TPSA) is 89.6 Å². The molecule has 0 unspecified atom stereocenters. The molecule has 0 bridgehead atoms. The molecule has 0 aliphatic carbocycles. The SMILES string of the molecule is Cc1nc2ccccc2n1-c1nc[nH]c(=O)c1N. The van der Waals surface area contributed by atoms with Crippen molar-refractivity contribution in [1.29, 1.82) is 0 Å². The molecule has 0 atom stereocenters. The molecule has 3 rings (SSSR count). The third kappa shape index (κ3) is 1.39. The van der Waals surface area contributed by atoms with Gasteiger partial charge in [0.25, 0.3) is 5.56 Å². The smallest absolute Gasteiger partial charge is 0.276 e. The molecule has 0 aliphatic heterocycles. The molecule has 0 fully saturated rings. The Hall–Kier alpha value is -2.63. The Morgan fingerprint density at radius 2 is 2.11 bits per heavy atom. The van der Waals surface area contributed by atoms with Crippen molar-refractivity contribution < 1.29 is 0 Å². The Balaban J connectivity index is 2.42. The predicted molar refractivity (Wildman–Crippen MR) is 68.6 cm³/mol. The number of H-pyrrole nitrogens is 1. The summed E-state index contributed by atoms with van der Waals surface area (Å²) < 4.78 is 1.78. The van der Waals surface area contributed by atoms with Crippen molar-refractivity contribution in [2.45, 2.75) is 6.92 Å². The highest BCUT2D eigenvalue weighted by Gasteiger charge is 2.13. The second-order valence-electron chi connectivity index (χ2n) is 3.95. The summed E-state index contributed by atoms with van der Waals surface area (Å²) in [6.45, 7) is 1.85. The quantitative estimate of drug-likeness (QED) is 0.665. The molecule has 0 aliphatic rings. The summed E-state index contributed by atoms with van der Waals surface area (Å²) in [4.78, 5) is 22.5. The maximum absolute atomic E-state index is 11.5. The fourth-order valence-corrected chi connectivity index (χ4v) is 1.99. The number of fused-ring (bicyclic) bond motifs is 1. The van der Waals surface area contributed by atoms with Crippen molar-refractivity contribution >= 4 is 16.7 Å². The number of imidazole rings is 1. The van der Waals surface area contributed by atoms with E-state index in [2.05, 4.69) is 15.0 Å². The van der Waals surface area contributed by atoms with Crippen LogP contribution >= 0.6 is 0 Å². The van der Waals surface area contributed by atoms with Crippen LogP contribution in [-0.4, -0.2) is 19.5 Å². The lowest BCUT2D eigenvalue weighted by Gasteiger charge is -2.07. The van der Waals surface area contributed by atoms with Crippen LogP contribution in [0.5, 0.6) is 0 Å². The maximum atomic E-state index is 11.5. The molecule has 18 heavy (non-hydrogen) atoms. The van der Waals surface area contributed by atoms with Gasteiger partial charge in [0.1, 0.15) is 11.5 Å². The Morgan fingerprint density at radius 1 is 1.33 bits per heavy atom. The molecule has 0 amide bonds. The van der Waals surface area contributed by atoms with Crippen LogP contribution in [-0.2, 0) is 0 Å². The summed E-state index contributed by atoms with van der Waals surface area (Å²) in [5, 5.41) is 0. The standard InChI is InChI=1S/C12H11N5O/c1-7-16-8-4-2-3-5-9(8)17(7)11-10(13)12(18)15-6-14-11/h2-6H,13H2,1H3,(H,14,15,18). The van der Waals surface area contributed by atoms with Crippen molar-refractivity contribution in [2.75, 3.05) is 5.73 Å². The zero-order valence-corrected chi connectivity index (χ0v) is 9.71. The Labute approximate surface area is 102 Å².